The van der Waals surface area contributed by atoms with Gasteiger partial charge in [-0.25, -0.2) is 0 Å². The number of ether oxygens (including phenoxy) is 1. The SMILES string of the molecule is CC(C)(C)[Si](C)(C)OCCOc1cncc(O)c1. The first-order valence-electron chi connectivity index (χ1n) is 6.13. The van der Waals surface area contributed by atoms with E-state index in [-0.39, 0.29) is 10.8 Å². The van der Waals surface area contributed by atoms with Crippen LogP contribution in [0.3, 0.4) is 0 Å². The summed E-state index contributed by atoms with van der Waals surface area (Å²) in [5, 5.41) is 9.45. The quantitative estimate of drug-likeness (QED) is 0.659. The van der Waals surface area contributed by atoms with E-state index in [1.54, 1.807) is 12.3 Å². The van der Waals surface area contributed by atoms with Crippen molar-refractivity contribution in [3.05, 3.63) is 18.5 Å². The van der Waals surface area contributed by atoms with Crippen molar-refractivity contribution in [2.45, 2.75) is 38.9 Å². The highest BCUT2D eigenvalue weighted by Gasteiger charge is 2.36. The Morgan fingerprint density at radius 3 is 2.44 bits per heavy atom. The molecule has 1 heterocycles. The molecule has 0 bridgehead atoms. The van der Waals surface area contributed by atoms with Crippen molar-refractivity contribution in [1.29, 1.82) is 0 Å². The fourth-order valence-corrected chi connectivity index (χ4v) is 2.19. The van der Waals surface area contributed by atoms with Crippen LogP contribution in [0, 0.1) is 0 Å². The van der Waals surface area contributed by atoms with Crippen LogP contribution in [-0.2, 0) is 4.43 Å². The van der Waals surface area contributed by atoms with Crippen molar-refractivity contribution in [2.24, 2.45) is 0 Å². The lowest BCUT2D eigenvalue weighted by Crippen LogP contribution is -2.41. The zero-order chi connectivity index (χ0) is 13.8. The second-order valence-corrected chi connectivity index (χ2v) is 10.6. The zero-order valence-electron chi connectivity index (χ0n) is 11.9. The summed E-state index contributed by atoms with van der Waals surface area (Å²) in [7, 11) is -1.70. The molecule has 0 atom stereocenters. The molecule has 0 saturated heterocycles. The maximum absolute atomic E-state index is 9.24. The van der Waals surface area contributed by atoms with Gasteiger partial charge in [0, 0.05) is 6.07 Å². The highest BCUT2D eigenvalue weighted by Crippen LogP contribution is 2.36. The molecule has 0 fully saturated rings. The van der Waals surface area contributed by atoms with Crippen molar-refractivity contribution in [1.82, 2.24) is 4.98 Å². The van der Waals surface area contributed by atoms with Crippen LogP contribution < -0.4 is 4.74 Å². The normalized spacial score (nSPS) is 12.5. The van der Waals surface area contributed by atoms with E-state index in [4.69, 9.17) is 9.16 Å². The van der Waals surface area contributed by atoms with Crippen molar-refractivity contribution >= 4 is 8.32 Å². The number of aromatic nitrogens is 1. The van der Waals surface area contributed by atoms with Crippen LogP contribution in [-0.4, -0.2) is 31.6 Å². The molecule has 0 aromatic carbocycles. The summed E-state index contributed by atoms with van der Waals surface area (Å²) in [5.41, 5.74) is 0. The van der Waals surface area contributed by atoms with E-state index in [1.807, 2.05) is 0 Å². The minimum Gasteiger partial charge on any atom is -0.506 e. The van der Waals surface area contributed by atoms with E-state index >= 15 is 0 Å². The largest absolute Gasteiger partial charge is 0.506 e. The van der Waals surface area contributed by atoms with Crippen molar-refractivity contribution < 1.29 is 14.3 Å². The second-order valence-electron chi connectivity index (χ2n) is 5.84. The molecule has 1 aromatic heterocycles. The van der Waals surface area contributed by atoms with Crippen molar-refractivity contribution in [3.63, 3.8) is 0 Å². The molecule has 102 valence electrons. The molecule has 0 saturated carbocycles. The molecule has 4 nitrogen and oxygen atoms in total. The third kappa shape index (κ3) is 4.31. The van der Waals surface area contributed by atoms with E-state index in [0.29, 0.717) is 19.0 Å². The van der Waals surface area contributed by atoms with E-state index in [2.05, 4.69) is 38.8 Å². The Morgan fingerprint density at radius 2 is 1.89 bits per heavy atom. The third-order valence-corrected chi connectivity index (χ3v) is 7.86. The van der Waals surface area contributed by atoms with Gasteiger partial charge in [-0.1, -0.05) is 20.8 Å². The summed E-state index contributed by atoms with van der Waals surface area (Å²) in [6.45, 7) is 12.1. The fourth-order valence-electron chi connectivity index (χ4n) is 1.16. The molecule has 18 heavy (non-hydrogen) atoms. The van der Waals surface area contributed by atoms with Crippen LogP contribution in [0.1, 0.15) is 20.8 Å². The van der Waals surface area contributed by atoms with E-state index in [0.717, 1.165) is 0 Å². The Bertz CT molecular complexity index is 388. The molecule has 0 aliphatic carbocycles. The lowest BCUT2D eigenvalue weighted by Gasteiger charge is -2.36. The van der Waals surface area contributed by atoms with Crippen molar-refractivity contribution in [3.8, 4) is 11.5 Å². The van der Waals surface area contributed by atoms with Gasteiger partial charge in [0.05, 0.1) is 19.0 Å². The Morgan fingerprint density at radius 1 is 1.22 bits per heavy atom. The predicted octanol–water partition coefficient (Wildman–Crippen LogP) is 3.19. The van der Waals surface area contributed by atoms with Gasteiger partial charge in [-0.15, -0.1) is 0 Å². The average molecular weight is 269 g/mol. The summed E-state index contributed by atoms with van der Waals surface area (Å²) in [4.78, 5) is 3.84. The first kappa shape index (κ1) is 15.0. The van der Waals surface area contributed by atoms with Gasteiger partial charge >= 0.3 is 0 Å². The van der Waals surface area contributed by atoms with Crippen LogP contribution >= 0.6 is 0 Å². The number of hydrogen-bond acceptors (Lipinski definition) is 4. The molecule has 1 rings (SSSR count). The van der Waals surface area contributed by atoms with E-state index in [1.165, 1.54) is 6.20 Å². The lowest BCUT2D eigenvalue weighted by atomic mass is 10.2. The third-order valence-electron chi connectivity index (χ3n) is 3.32. The number of nitrogens with zero attached hydrogens (tertiary/aromatic N) is 1. The molecule has 0 spiro atoms. The van der Waals surface area contributed by atoms with Crippen molar-refractivity contribution in [2.75, 3.05) is 13.2 Å². The smallest absolute Gasteiger partial charge is 0.192 e. The molecular weight excluding hydrogens is 246 g/mol. The van der Waals surface area contributed by atoms with Gasteiger partial charge in [-0.05, 0) is 18.1 Å². The Balaban J connectivity index is 2.35. The van der Waals surface area contributed by atoms with Crippen LogP contribution in [0.25, 0.3) is 0 Å². The zero-order valence-corrected chi connectivity index (χ0v) is 12.9. The Kier molecular flexibility index (Phi) is 4.75. The Hall–Kier alpha value is -1.07. The van der Waals surface area contributed by atoms with Gasteiger partial charge in [-0.2, -0.15) is 0 Å². The molecule has 1 aromatic rings. The highest BCUT2D eigenvalue weighted by molar-refractivity contribution is 6.74. The van der Waals surface area contributed by atoms with Crippen LogP contribution in [0.2, 0.25) is 18.1 Å². The summed E-state index contributed by atoms with van der Waals surface area (Å²) in [6.07, 6.45) is 2.95. The van der Waals surface area contributed by atoms with Gasteiger partial charge in [0.25, 0.3) is 0 Å². The number of hydrogen-bond donors (Lipinski definition) is 1. The molecule has 0 aliphatic heterocycles. The van der Waals surface area contributed by atoms with Gasteiger partial charge in [-0.3, -0.25) is 4.98 Å². The van der Waals surface area contributed by atoms with E-state index in [9.17, 15) is 5.11 Å². The molecule has 0 amide bonds. The van der Waals surface area contributed by atoms with Gasteiger partial charge in [0.15, 0.2) is 8.32 Å². The molecule has 0 unspecified atom stereocenters. The average Bonchev–Trinajstić information content (AvgIpc) is 2.23. The predicted molar refractivity (Wildman–Crippen MR) is 74.5 cm³/mol. The van der Waals surface area contributed by atoms with E-state index < -0.39 is 8.32 Å². The molecule has 1 N–H and O–H groups in total. The minimum absolute atomic E-state index is 0.109. The maximum Gasteiger partial charge on any atom is 0.192 e. The molecule has 0 aliphatic rings. The van der Waals surface area contributed by atoms with Crippen LogP contribution in [0.4, 0.5) is 0 Å². The second kappa shape index (κ2) is 5.71. The van der Waals surface area contributed by atoms with Crippen LogP contribution in [0.15, 0.2) is 18.5 Å². The van der Waals surface area contributed by atoms with Gasteiger partial charge < -0.3 is 14.3 Å². The number of rotatable bonds is 5. The van der Waals surface area contributed by atoms with Gasteiger partial charge in [0.1, 0.15) is 18.1 Å². The number of pyridine rings is 1. The maximum atomic E-state index is 9.24. The highest BCUT2D eigenvalue weighted by atomic mass is 28.4. The molecular formula is C13H23NO3Si. The Labute approximate surface area is 110 Å². The summed E-state index contributed by atoms with van der Waals surface area (Å²) in [5.74, 6) is 0.673. The summed E-state index contributed by atoms with van der Waals surface area (Å²) in [6, 6.07) is 1.54. The topological polar surface area (TPSA) is 51.6 Å². The minimum atomic E-state index is -1.70. The lowest BCUT2D eigenvalue weighted by molar-refractivity contribution is 0.202. The summed E-state index contributed by atoms with van der Waals surface area (Å²) < 4.78 is 11.4. The first-order chi connectivity index (χ1) is 8.22. The number of aromatic hydroxyl groups is 1. The molecule has 5 heteroatoms. The first-order valence-corrected chi connectivity index (χ1v) is 9.04. The monoisotopic (exact) mass is 269 g/mol. The van der Waals surface area contributed by atoms with Gasteiger partial charge in [0.2, 0.25) is 0 Å². The fraction of sp³-hybridized carbons (Fsp3) is 0.615. The standard InChI is InChI=1S/C13H23NO3Si/c1-13(2,3)18(4,5)17-7-6-16-12-8-11(15)9-14-10-12/h8-10,15H,6-7H2,1-5H3. The summed E-state index contributed by atoms with van der Waals surface area (Å²) >= 11 is 0. The van der Waals surface area contributed by atoms with Crippen LogP contribution in [0.5, 0.6) is 11.5 Å². The molecule has 0 radical (unpaired) electrons.